The van der Waals surface area contributed by atoms with E-state index in [1.54, 1.807) is 5.43 Å². The first-order valence-corrected chi connectivity index (χ1v) is 3.93. The van der Waals surface area contributed by atoms with Gasteiger partial charge in [0, 0.05) is 0 Å². The summed E-state index contributed by atoms with van der Waals surface area (Å²) in [5, 5.41) is 26.3. The van der Waals surface area contributed by atoms with Crippen LogP contribution in [0.4, 0.5) is 17.8 Å². The summed E-state index contributed by atoms with van der Waals surface area (Å²) in [4.78, 5) is 26.8. The number of aromatic nitrogens is 5. The van der Waals surface area contributed by atoms with Crippen molar-refractivity contribution in [2.45, 2.75) is 0 Å². The maximum Gasteiger partial charge on any atom is 0.467 e. The molecule has 0 bridgehead atoms. The average molecular weight is 241 g/mol. The van der Waals surface area contributed by atoms with E-state index in [0.29, 0.717) is 0 Å². The molecule has 13 heteroatoms. The molecule has 0 amide bonds. The molecule has 0 saturated heterocycles. The number of nitrogens with two attached hydrogens (primary N) is 1. The van der Waals surface area contributed by atoms with Crippen molar-refractivity contribution >= 4 is 23.6 Å². The average Bonchev–Trinajstić information content (AvgIpc) is 2.60. The minimum absolute atomic E-state index is 0.270. The fourth-order valence-electron chi connectivity index (χ4n) is 1.07. The van der Waals surface area contributed by atoms with Crippen molar-refractivity contribution in [2.24, 2.45) is 0 Å². The summed E-state index contributed by atoms with van der Waals surface area (Å²) < 4.78 is 0.755. The molecule has 0 aromatic carbocycles. The normalized spacial score (nSPS) is 10.4. The second-order valence-electron chi connectivity index (χ2n) is 2.67. The van der Waals surface area contributed by atoms with E-state index in [1.165, 1.54) is 0 Å². The molecule has 0 fully saturated rings. The second-order valence-corrected chi connectivity index (χ2v) is 2.67. The number of nitrogens with one attached hydrogen (secondary N) is 1. The molecule has 0 spiro atoms. The van der Waals surface area contributed by atoms with Crippen LogP contribution in [0.25, 0.3) is 5.78 Å². The zero-order chi connectivity index (χ0) is 12.6. The van der Waals surface area contributed by atoms with Crippen molar-refractivity contribution in [1.82, 2.24) is 24.6 Å². The lowest BCUT2D eigenvalue weighted by molar-refractivity contribution is -0.446. The first-order valence-electron chi connectivity index (χ1n) is 3.93. The van der Waals surface area contributed by atoms with Crippen LogP contribution in [0, 0.1) is 20.2 Å². The number of hydrazine groups is 1. The summed E-state index contributed by atoms with van der Waals surface area (Å²) in [6.45, 7) is 0. The van der Waals surface area contributed by atoms with Gasteiger partial charge in [0.2, 0.25) is 0 Å². The molecule has 2 aromatic rings. The summed E-state index contributed by atoms with van der Waals surface area (Å²) in [5.41, 5.74) is 7.03. The van der Waals surface area contributed by atoms with Gasteiger partial charge in [-0.3, -0.25) is 0 Å². The topological polar surface area (TPSA) is 180 Å². The van der Waals surface area contributed by atoms with Gasteiger partial charge in [0.15, 0.2) is 5.03 Å². The number of hydrogen-bond acceptors (Lipinski definition) is 9. The summed E-state index contributed by atoms with van der Waals surface area (Å²) in [6.07, 6.45) is 0. The van der Waals surface area contributed by atoms with Gasteiger partial charge in [0.25, 0.3) is 11.9 Å². The maximum absolute atomic E-state index is 10.5. The van der Waals surface area contributed by atoms with Gasteiger partial charge in [-0.1, -0.05) is 5.43 Å². The molecule has 0 unspecified atom stereocenters. The lowest BCUT2D eigenvalue weighted by Gasteiger charge is -1.97. The zero-order valence-corrected chi connectivity index (χ0v) is 7.84. The standard InChI is InChI=1S/C4H3N9O4/c5-1-6-2(10-13(16)17)7-3-8-9-4(11(1)3)12(14)15/h(H3,5,6,7,8,10). The molecule has 2 aromatic heterocycles. The van der Waals surface area contributed by atoms with E-state index in [1.807, 2.05) is 0 Å². The minimum atomic E-state index is -0.907. The Morgan fingerprint density at radius 3 is 2.53 bits per heavy atom. The number of nitrogen functional groups attached to an aromatic ring is 1. The van der Waals surface area contributed by atoms with Gasteiger partial charge >= 0.3 is 11.7 Å². The molecule has 2 rings (SSSR count). The summed E-state index contributed by atoms with van der Waals surface area (Å²) in [5.74, 6) is -1.78. The molecule has 0 atom stereocenters. The van der Waals surface area contributed by atoms with Crippen LogP contribution >= 0.6 is 0 Å². The van der Waals surface area contributed by atoms with Crippen molar-refractivity contribution < 1.29 is 9.96 Å². The van der Waals surface area contributed by atoms with E-state index in [4.69, 9.17) is 5.73 Å². The third-order valence-electron chi connectivity index (χ3n) is 1.64. The smallest absolute Gasteiger partial charge is 0.390 e. The van der Waals surface area contributed by atoms with E-state index in [0.717, 1.165) is 4.40 Å². The summed E-state index contributed by atoms with van der Waals surface area (Å²) in [6, 6.07) is 0. The largest absolute Gasteiger partial charge is 0.467 e. The Morgan fingerprint density at radius 1 is 1.24 bits per heavy atom. The highest BCUT2D eigenvalue weighted by atomic mass is 16.7. The second kappa shape index (κ2) is 3.47. The zero-order valence-electron chi connectivity index (χ0n) is 7.84. The van der Waals surface area contributed by atoms with Gasteiger partial charge in [-0.05, 0) is 10.0 Å². The number of nitro groups is 2. The van der Waals surface area contributed by atoms with Gasteiger partial charge in [0.1, 0.15) is 0 Å². The molecule has 13 nitrogen and oxygen atoms in total. The molecule has 0 saturated carbocycles. The van der Waals surface area contributed by atoms with Crippen LogP contribution < -0.4 is 11.2 Å². The lowest BCUT2D eigenvalue weighted by atomic mass is 10.8. The highest BCUT2D eigenvalue weighted by Crippen LogP contribution is 2.14. The van der Waals surface area contributed by atoms with Crippen molar-refractivity contribution in [3.63, 3.8) is 0 Å². The fraction of sp³-hybridized carbons (Fsp3) is 0. The fourth-order valence-corrected chi connectivity index (χ4v) is 1.07. The molecule has 0 aliphatic heterocycles. The summed E-state index contributed by atoms with van der Waals surface area (Å²) >= 11 is 0. The molecular weight excluding hydrogens is 238 g/mol. The summed E-state index contributed by atoms with van der Waals surface area (Å²) in [7, 11) is 0. The monoisotopic (exact) mass is 241 g/mol. The Kier molecular flexibility index (Phi) is 2.12. The predicted octanol–water partition coefficient (Wildman–Crippen LogP) is -1.39. The molecule has 0 aliphatic carbocycles. The molecular formula is C4H3N9O4. The minimum Gasteiger partial charge on any atom is -0.390 e. The van der Waals surface area contributed by atoms with Crippen molar-refractivity contribution in [1.29, 1.82) is 0 Å². The number of anilines is 2. The lowest BCUT2D eigenvalue weighted by Crippen LogP contribution is -2.14. The van der Waals surface area contributed by atoms with E-state index in [9.17, 15) is 20.2 Å². The van der Waals surface area contributed by atoms with Gasteiger partial charge in [-0.25, -0.2) is 10.1 Å². The van der Waals surface area contributed by atoms with E-state index >= 15 is 0 Å². The SMILES string of the molecule is Nc1nc(N[N+](=O)[O-])nc2nnc([N+](=O)[O-])n12. The maximum atomic E-state index is 10.5. The van der Waals surface area contributed by atoms with Crippen molar-refractivity contribution in [3.05, 3.63) is 20.2 Å². The van der Waals surface area contributed by atoms with Crippen LogP contribution in [0.15, 0.2) is 0 Å². The highest BCUT2D eigenvalue weighted by Gasteiger charge is 2.23. The van der Waals surface area contributed by atoms with E-state index < -0.39 is 27.8 Å². The van der Waals surface area contributed by atoms with Crippen LogP contribution in [-0.2, 0) is 0 Å². The third kappa shape index (κ3) is 1.71. The van der Waals surface area contributed by atoms with Crippen molar-refractivity contribution in [2.75, 3.05) is 11.2 Å². The predicted molar refractivity (Wildman–Crippen MR) is 50.3 cm³/mol. The van der Waals surface area contributed by atoms with Gasteiger partial charge in [0.05, 0.1) is 5.10 Å². The number of hydrogen-bond donors (Lipinski definition) is 2. The molecule has 0 radical (unpaired) electrons. The molecule has 3 N–H and O–H groups in total. The Morgan fingerprint density at radius 2 is 1.94 bits per heavy atom. The molecule has 0 aliphatic rings. The third-order valence-corrected chi connectivity index (χ3v) is 1.64. The van der Waals surface area contributed by atoms with Crippen molar-refractivity contribution in [3.8, 4) is 0 Å². The molecule has 88 valence electrons. The van der Waals surface area contributed by atoms with Crippen LogP contribution in [0.5, 0.6) is 0 Å². The van der Waals surface area contributed by atoms with E-state index in [2.05, 4.69) is 20.2 Å². The van der Waals surface area contributed by atoms with Gasteiger partial charge in [-0.2, -0.15) is 9.97 Å². The molecule has 2 heterocycles. The number of rotatable bonds is 3. The van der Waals surface area contributed by atoms with Crippen LogP contribution in [-0.4, -0.2) is 34.5 Å². The van der Waals surface area contributed by atoms with E-state index in [-0.39, 0.29) is 5.78 Å². The van der Waals surface area contributed by atoms with Crippen LogP contribution in [0.2, 0.25) is 0 Å². The number of nitrogens with zero attached hydrogens (tertiary/aromatic N) is 7. The quantitative estimate of drug-likeness (QED) is 0.479. The first-order chi connectivity index (χ1) is 7.99. The van der Waals surface area contributed by atoms with Gasteiger partial charge < -0.3 is 15.8 Å². The first kappa shape index (κ1) is 10.4. The Labute approximate surface area is 90.6 Å². The Bertz CT molecular complexity index is 619. The Balaban J connectivity index is 2.61. The van der Waals surface area contributed by atoms with Gasteiger partial charge in [-0.15, -0.1) is 4.40 Å². The highest BCUT2D eigenvalue weighted by molar-refractivity contribution is 5.45. The van der Waals surface area contributed by atoms with Crippen LogP contribution in [0.3, 0.4) is 0 Å². The number of fused-ring (bicyclic) bond motifs is 1. The van der Waals surface area contributed by atoms with Crippen LogP contribution in [0.1, 0.15) is 0 Å². The Hall–Kier alpha value is -3.12. The molecule has 17 heavy (non-hydrogen) atoms.